The number of aliphatic hydroxyl groups excluding tert-OH is 10. The van der Waals surface area contributed by atoms with E-state index in [1.54, 1.807) is 23.0 Å². The van der Waals surface area contributed by atoms with Crippen molar-refractivity contribution in [3.63, 3.8) is 0 Å². The van der Waals surface area contributed by atoms with Crippen LogP contribution in [0.15, 0.2) is 0 Å². The number of carbonyl (C=O) groups is 9. The van der Waals surface area contributed by atoms with Gasteiger partial charge in [-0.1, -0.05) is 38.5 Å². The van der Waals surface area contributed by atoms with Crippen LogP contribution in [0.25, 0.3) is 0 Å². The quantitative estimate of drug-likeness (QED) is 0.0199. The van der Waals surface area contributed by atoms with Crippen LogP contribution >= 0.6 is 23.0 Å². The van der Waals surface area contributed by atoms with Crippen LogP contribution in [0.5, 0.6) is 0 Å². The van der Waals surface area contributed by atoms with Gasteiger partial charge in [-0.3, -0.25) is 43.2 Å². The number of ether oxygens (including phenoxy) is 9. The molecule has 3 aliphatic heterocycles. The van der Waals surface area contributed by atoms with Crippen molar-refractivity contribution in [3.8, 4) is 0 Å². The summed E-state index contributed by atoms with van der Waals surface area (Å²) >= 11 is 1.78. The zero-order valence-corrected chi connectivity index (χ0v) is 60.2. The molecule has 0 aromatic heterocycles. The van der Waals surface area contributed by atoms with Crippen LogP contribution in [-0.2, 0) is 88.8 Å². The van der Waals surface area contributed by atoms with Crippen molar-refractivity contribution < 1.29 is 140 Å². The van der Waals surface area contributed by atoms with Crippen molar-refractivity contribution >= 4 is 76.2 Å². The Morgan fingerprint density at radius 3 is 1.12 bits per heavy atom. The third kappa shape index (κ3) is 32.9. The molecule has 38 nitrogen and oxygen atoms in total. The third-order valence-electron chi connectivity index (χ3n) is 17.1. The van der Waals surface area contributed by atoms with E-state index in [4.69, 9.17) is 45.7 Å². The van der Waals surface area contributed by atoms with Crippen LogP contribution < -0.4 is 47.9 Å². The highest BCUT2D eigenvalue weighted by atomic mass is 127. The summed E-state index contributed by atoms with van der Waals surface area (Å²) in [7, 11) is 0. The molecule has 102 heavy (non-hydrogen) atoms. The van der Waals surface area contributed by atoms with E-state index in [0.29, 0.717) is 38.5 Å². The molecular weight excluding hydrogens is 1470 g/mol. The molecule has 4 aliphatic rings. The van der Waals surface area contributed by atoms with Gasteiger partial charge in [0.15, 0.2) is 18.9 Å². The number of unbranched alkanes of at least 4 members (excludes halogenated alkanes) is 7. The first kappa shape index (κ1) is 89.6. The summed E-state index contributed by atoms with van der Waals surface area (Å²) < 4.78 is 55.7. The predicted octanol–water partition coefficient (Wildman–Crippen LogP) is -6.93. The lowest BCUT2D eigenvalue weighted by Crippen LogP contribution is -2.64. The van der Waals surface area contributed by atoms with Crippen molar-refractivity contribution in [3.05, 3.63) is 0 Å². The highest BCUT2D eigenvalue weighted by molar-refractivity contribution is 14.1. The number of amides is 9. The molecule has 0 bridgehead atoms. The molecule has 20 unspecified atom stereocenters. The first-order valence-corrected chi connectivity index (χ1v) is 35.6. The van der Waals surface area contributed by atoms with E-state index < -0.39 is 184 Å². The summed E-state index contributed by atoms with van der Waals surface area (Å²) in [5.41, 5.74) is 0. The van der Waals surface area contributed by atoms with Gasteiger partial charge in [-0.2, -0.15) is 0 Å². The molecule has 9 amide bonds. The van der Waals surface area contributed by atoms with Gasteiger partial charge in [-0.15, -0.1) is 0 Å². The summed E-state index contributed by atoms with van der Waals surface area (Å²) in [6.07, 6.45) is -10.9. The maximum Gasteiger partial charge on any atom is 0.242 e. The van der Waals surface area contributed by atoms with Gasteiger partial charge in [0.25, 0.3) is 0 Å². The van der Waals surface area contributed by atoms with E-state index in [0.717, 1.165) is 32.1 Å². The Balaban J connectivity index is 1.33. The zero-order valence-electron chi connectivity index (χ0n) is 58.1. The monoisotopic (exact) mass is 1580 g/mol. The lowest BCUT2D eigenvalue weighted by molar-refractivity contribution is -0.272. The van der Waals surface area contributed by atoms with Crippen molar-refractivity contribution in [2.24, 2.45) is 0 Å². The second-order valence-electron chi connectivity index (χ2n) is 25.3. The van der Waals surface area contributed by atoms with Crippen LogP contribution in [0.1, 0.15) is 124 Å². The Kier molecular flexibility index (Phi) is 43.8. The first-order valence-electron chi connectivity index (χ1n) is 34.7. The van der Waals surface area contributed by atoms with Crippen molar-refractivity contribution in [2.45, 2.75) is 246 Å². The Morgan fingerprint density at radius 2 is 0.755 bits per heavy atom. The summed E-state index contributed by atoms with van der Waals surface area (Å²) in [5, 5.41) is 125. The van der Waals surface area contributed by atoms with Crippen LogP contribution in [-0.4, -0.2) is 325 Å². The maximum absolute atomic E-state index is 13.8. The molecule has 0 aromatic rings. The third-order valence-corrected chi connectivity index (χ3v) is 17.7. The van der Waals surface area contributed by atoms with Gasteiger partial charge in [-0.25, -0.2) is 0 Å². The molecule has 1 aliphatic carbocycles. The standard InChI is InChI=1S/C63H110IN9O29/c1-35(77)68-50-56(88)53(85)43(32-74)99-61(50)96-27-24-93-21-18-65-46(81)16-14-39(59(91)66-19-22-94-25-28-97-62-51(69-36(2)78)57(89)54(86)44(33-75)100-62)72-49(84)17-15-40(60(92)67-20-23-95-26-29-98-63-52(70-37(3)79)58(90)55(87)45(34-76)101-63)71-47(82)12-10-8-6-4-5-7-9-11-13-48(83)73-41-30-38(80)31-42(41)102-64/h38-45,50-58,61-63,74-76,80,85-90H,4-34H2,1-3H3,(H,65,81)(H,66,91)(H,67,92)(H,68,77)(H,69,78)(H,70,79)(H,71,82)(H,72,84)(H,73,83). The van der Waals surface area contributed by atoms with Gasteiger partial charge in [0.1, 0.15) is 108 Å². The number of carbonyl (C=O) groups excluding carboxylic acids is 9. The predicted molar refractivity (Wildman–Crippen MR) is 360 cm³/mol. The minimum Gasteiger partial charge on any atom is -0.394 e. The van der Waals surface area contributed by atoms with E-state index in [-0.39, 0.29) is 123 Å². The molecular formula is C63H110IN9O29. The Labute approximate surface area is 606 Å². The molecule has 19 N–H and O–H groups in total. The molecule has 1 saturated carbocycles. The average molecular weight is 1580 g/mol. The Hall–Kier alpha value is -4.84. The van der Waals surface area contributed by atoms with Gasteiger partial charge >= 0.3 is 0 Å². The van der Waals surface area contributed by atoms with E-state index >= 15 is 0 Å². The van der Waals surface area contributed by atoms with Crippen molar-refractivity contribution in [1.29, 1.82) is 0 Å². The molecule has 20 atom stereocenters. The lowest BCUT2D eigenvalue weighted by Gasteiger charge is -2.42. The molecule has 3 saturated heterocycles. The lowest BCUT2D eigenvalue weighted by atomic mass is 9.97. The van der Waals surface area contributed by atoms with E-state index in [1.165, 1.54) is 20.8 Å². The molecule has 588 valence electrons. The molecule has 3 heterocycles. The summed E-state index contributed by atoms with van der Waals surface area (Å²) in [5.74, 6) is -4.88. The van der Waals surface area contributed by atoms with Crippen LogP contribution in [0.2, 0.25) is 0 Å². The SMILES string of the molecule is CC(=O)NC1C(OCCOCCNC(=O)CCC(NC(=O)CCC(NC(=O)CCCCCCCCCCC(=O)NC2CC(O)CC2OI)C(=O)NCCOCCOC2OC(CO)C(O)C(O)C2NC(C)=O)C(=O)NCCOCCOC2OC(CO)C(O)C(O)C2NC(C)=O)OC(CO)C(O)C1O. The van der Waals surface area contributed by atoms with Crippen LogP contribution in [0, 0.1) is 0 Å². The van der Waals surface area contributed by atoms with Gasteiger partial charge < -0.3 is 145 Å². The van der Waals surface area contributed by atoms with E-state index in [2.05, 4.69) is 47.9 Å². The minimum absolute atomic E-state index is 0.0205. The largest absolute Gasteiger partial charge is 0.394 e. The summed E-state index contributed by atoms with van der Waals surface area (Å²) in [6.45, 7) is 0.450. The second-order valence-corrected chi connectivity index (χ2v) is 25.8. The smallest absolute Gasteiger partial charge is 0.242 e. The Bertz CT molecular complexity index is 2510. The summed E-state index contributed by atoms with van der Waals surface area (Å²) in [4.78, 5) is 116. The normalized spacial score (nSPS) is 28.4. The fourth-order valence-corrected chi connectivity index (χ4v) is 12.2. The fourth-order valence-electron chi connectivity index (χ4n) is 11.7. The number of hydrogen-bond acceptors (Lipinski definition) is 29. The number of nitrogens with one attached hydrogen (secondary N) is 9. The molecule has 0 radical (unpaired) electrons. The van der Waals surface area contributed by atoms with Gasteiger partial charge in [0.05, 0.1) is 97.5 Å². The van der Waals surface area contributed by atoms with Crippen LogP contribution in [0.4, 0.5) is 0 Å². The maximum atomic E-state index is 13.8. The van der Waals surface area contributed by atoms with Gasteiger partial charge in [0, 0.05) is 72.5 Å². The number of rotatable bonds is 50. The number of aliphatic hydroxyl groups is 10. The van der Waals surface area contributed by atoms with Crippen molar-refractivity contribution in [1.82, 2.24) is 47.9 Å². The first-order chi connectivity index (χ1) is 48.8. The van der Waals surface area contributed by atoms with Crippen LogP contribution in [0.3, 0.4) is 0 Å². The summed E-state index contributed by atoms with van der Waals surface area (Å²) in [6, 6.07) is -6.37. The molecule has 0 aromatic carbocycles. The van der Waals surface area contributed by atoms with Gasteiger partial charge in [0.2, 0.25) is 53.2 Å². The van der Waals surface area contributed by atoms with E-state index in [9.17, 15) is 94.2 Å². The second kappa shape index (κ2) is 49.9. The fraction of sp³-hybridized carbons (Fsp3) is 0.857. The van der Waals surface area contributed by atoms with Gasteiger partial charge in [-0.05, 0) is 32.1 Å². The molecule has 4 fully saturated rings. The average Bonchev–Trinajstić information content (AvgIpc) is 0.970. The highest BCUT2D eigenvalue weighted by Crippen LogP contribution is 2.27. The molecule has 4 rings (SSSR count). The molecule has 39 heteroatoms. The Morgan fingerprint density at radius 1 is 0.412 bits per heavy atom. The molecule has 0 spiro atoms. The minimum atomic E-state index is -1.54. The topological polar surface area (TPSA) is 556 Å². The highest BCUT2D eigenvalue weighted by Gasteiger charge is 2.48. The number of hydrogen-bond donors (Lipinski definition) is 19. The van der Waals surface area contributed by atoms with Crippen molar-refractivity contribution in [2.75, 3.05) is 98.9 Å². The van der Waals surface area contributed by atoms with E-state index in [1.807, 2.05) is 0 Å². The zero-order chi connectivity index (χ0) is 75.1. The number of halogens is 1.